The van der Waals surface area contributed by atoms with Crippen LogP contribution in [0.4, 0.5) is 5.69 Å². The standard InChI is InChI=1S/C12H17N3OS/c1-2-9-8-16-6-5-15(9)11-7-14-4-3-10(11)12(13)17/h3-4,7,9H,2,5-6,8H2,1H3,(H2,13,17). The maximum absolute atomic E-state index is 5.75. The van der Waals surface area contributed by atoms with Crippen LogP contribution in [0.25, 0.3) is 0 Å². The molecular formula is C12H17N3OS. The van der Waals surface area contributed by atoms with Gasteiger partial charge >= 0.3 is 0 Å². The van der Waals surface area contributed by atoms with E-state index in [1.807, 2.05) is 12.3 Å². The Kier molecular flexibility index (Phi) is 3.91. The molecule has 5 heteroatoms. The van der Waals surface area contributed by atoms with E-state index in [2.05, 4.69) is 16.8 Å². The van der Waals surface area contributed by atoms with Gasteiger partial charge in [0, 0.05) is 18.3 Å². The highest BCUT2D eigenvalue weighted by Gasteiger charge is 2.24. The third-order valence-electron chi connectivity index (χ3n) is 3.07. The summed E-state index contributed by atoms with van der Waals surface area (Å²) in [6.45, 7) is 4.51. The first kappa shape index (κ1) is 12.3. The molecular weight excluding hydrogens is 234 g/mol. The monoisotopic (exact) mass is 251 g/mol. The molecule has 0 amide bonds. The first-order valence-corrected chi connectivity index (χ1v) is 6.23. The van der Waals surface area contributed by atoms with Crippen LogP contribution >= 0.6 is 12.2 Å². The summed E-state index contributed by atoms with van der Waals surface area (Å²) in [6.07, 6.45) is 4.59. The minimum atomic E-state index is 0.376. The first-order valence-electron chi connectivity index (χ1n) is 5.82. The topological polar surface area (TPSA) is 51.4 Å². The quantitative estimate of drug-likeness (QED) is 0.821. The van der Waals surface area contributed by atoms with Crippen LogP contribution in [0.5, 0.6) is 0 Å². The molecule has 1 saturated heterocycles. The van der Waals surface area contributed by atoms with Gasteiger partial charge in [0.2, 0.25) is 0 Å². The molecule has 17 heavy (non-hydrogen) atoms. The van der Waals surface area contributed by atoms with Crippen molar-refractivity contribution in [3.05, 3.63) is 24.0 Å². The zero-order valence-electron chi connectivity index (χ0n) is 9.93. The van der Waals surface area contributed by atoms with Crippen molar-refractivity contribution in [2.24, 2.45) is 5.73 Å². The fourth-order valence-electron chi connectivity index (χ4n) is 2.13. The van der Waals surface area contributed by atoms with E-state index in [0.29, 0.717) is 11.0 Å². The Morgan fingerprint density at radius 1 is 1.71 bits per heavy atom. The molecule has 0 bridgehead atoms. The molecule has 1 unspecified atom stereocenters. The van der Waals surface area contributed by atoms with Gasteiger partial charge in [-0.15, -0.1) is 0 Å². The van der Waals surface area contributed by atoms with E-state index >= 15 is 0 Å². The Bertz CT molecular complexity index is 410. The van der Waals surface area contributed by atoms with Crippen LogP contribution in [0, 0.1) is 0 Å². The van der Waals surface area contributed by atoms with Crippen molar-refractivity contribution in [2.75, 3.05) is 24.7 Å². The van der Waals surface area contributed by atoms with Crippen molar-refractivity contribution in [3.8, 4) is 0 Å². The highest BCUT2D eigenvalue weighted by molar-refractivity contribution is 7.80. The number of thiocarbonyl (C=S) groups is 1. The Labute approximate surface area is 107 Å². The van der Waals surface area contributed by atoms with Gasteiger partial charge in [-0.3, -0.25) is 4.98 Å². The second-order valence-electron chi connectivity index (χ2n) is 4.09. The van der Waals surface area contributed by atoms with E-state index in [9.17, 15) is 0 Å². The van der Waals surface area contributed by atoms with Crippen molar-refractivity contribution < 1.29 is 4.74 Å². The van der Waals surface area contributed by atoms with Gasteiger partial charge in [0.15, 0.2) is 0 Å². The Hall–Kier alpha value is -1.20. The molecule has 2 heterocycles. The van der Waals surface area contributed by atoms with E-state index in [1.165, 1.54) is 0 Å². The Morgan fingerprint density at radius 3 is 3.24 bits per heavy atom. The van der Waals surface area contributed by atoms with Gasteiger partial charge < -0.3 is 15.4 Å². The fraction of sp³-hybridized carbons (Fsp3) is 0.500. The summed E-state index contributed by atoms with van der Waals surface area (Å²) < 4.78 is 5.50. The zero-order valence-corrected chi connectivity index (χ0v) is 10.7. The molecule has 1 aromatic rings. The average Bonchev–Trinajstić information content (AvgIpc) is 2.38. The minimum absolute atomic E-state index is 0.376. The number of aromatic nitrogens is 1. The summed E-state index contributed by atoms with van der Waals surface area (Å²) in [5, 5.41) is 0. The second kappa shape index (κ2) is 5.42. The molecule has 2 rings (SSSR count). The Morgan fingerprint density at radius 2 is 2.53 bits per heavy atom. The highest BCUT2D eigenvalue weighted by Crippen LogP contribution is 2.24. The van der Waals surface area contributed by atoms with Crippen LogP contribution < -0.4 is 10.6 Å². The van der Waals surface area contributed by atoms with Crippen LogP contribution in [-0.4, -0.2) is 35.8 Å². The van der Waals surface area contributed by atoms with E-state index < -0.39 is 0 Å². The summed E-state index contributed by atoms with van der Waals surface area (Å²) in [6, 6.07) is 2.25. The van der Waals surface area contributed by atoms with E-state index in [4.69, 9.17) is 22.7 Å². The summed E-state index contributed by atoms with van der Waals surface area (Å²) in [5.41, 5.74) is 7.68. The van der Waals surface area contributed by atoms with E-state index in [1.54, 1.807) is 6.20 Å². The molecule has 4 nitrogen and oxygen atoms in total. The van der Waals surface area contributed by atoms with Gasteiger partial charge in [-0.25, -0.2) is 0 Å². The van der Waals surface area contributed by atoms with E-state index in [-0.39, 0.29) is 0 Å². The van der Waals surface area contributed by atoms with Crippen LogP contribution in [0.15, 0.2) is 18.5 Å². The van der Waals surface area contributed by atoms with Crippen molar-refractivity contribution in [2.45, 2.75) is 19.4 Å². The average molecular weight is 251 g/mol. The summed E-state index contributed by atoms with van der Waals surface area (Å²) in [7, 11) is 0. The number of hydrogen-bond acceptors (Lipinski definition) is 4. The lowest BCUT2D eigenvalue weighted by atomic mass is 10.1. The smallest absolute Gasteiger partial charge is 0.106 e. The molecule has 1 aromatic heterocycles. The lowest BCUT2D eigenvalue weighted by Gasteiger charge is -2.37. The molecule has 0 aliphatic carbocycles. The number of nitrogens with two attached hydrogens (primary N) is 1. The van der Waals surface area contributed by atoms with Crippen LogP contribution in [0.1, 0.15) is 18.9 Å². The number of pyridine rings is 1. The molecule has 0 saturated carbocycles. The number of hydrogen-bond donors (Lipinski definition) is 1. The second-order valence-corrected chi connectivity index (χ2v) is 4.53. The maximum atomic E-state index is 5.75. The first-order chi connectivity index (χ1) is 8.24. The molecule has 1 aliphatic heterocycles. The van der Waals surface area contributed by atoms with Gasteiger partial charge in [-0.05, 0) is 12.5 Å². The summed E-state index contributed by atoms with van der Waals surface area (Å²) in [5.74, 6) is 0. The molecule has 2 N–H and O–H groups in total. The van der Waals surface area contributed by atoms with Crippen molar-refractivity contribution in [1.82, 2.24) is 4.98 Å². The number of rotatable bonds is 3. The fourth-order valence-corrected chi connectivity index (χ4v) is 2.31. The molecule has 92 valence electrons. The van der Waals surface area contributed by atoms with Crippen LogP contribution in [0.3, 0.4) is 0 Å². The van der Waals surface area contributed by atoms with Crippen molar-refractivity contribution >= 4 is 22.9 Å². The lowest BCUT2D eigenvalue weighted by Crippen LogP contribution is -2.46. The largest absolute Gasteiger partial charge is 0.389 e. The third-order valence-corrected chi connectivity index (χ3v) is 3.29. The summed E-state index contributed by atoms with van der Waals surface area (Å²) in [4.78, 5) is 6.89. The third kappa shape index (κ3) is 2.56. The van der Waals surface area contributed by atoms with Gasteiger partial charge in [0.1, 0.15) is 4.99 Å². The van der Waals surface area contributed by atoms with Crippen LogP contribution in [-0.2, 0) is 4.74 Å². The number of anilines is 1. The van der Waals surface area contributed by atoms with Crippen LogP contribution in [0.2, 0.25) is 0 Å². The molecule has 0 spiro atoms. The normalized spacial score (nSPS) is 20.3. The maximum Gasteiger partial charge on any atom is 0.106 e. The molecule has 0 radical (unpaired) electrons. The number of morpholine rings is 1. The van der Waals surface area contributed by atoms with Crippen molar-refractivity contribution in [1.29, 1.82) is 0 Å². The predicted octanol–water partition coefficient (Wildman–Crippen LogP) is 1.33. The van der Waals surface area contributed by atoms with Gasteiger partial charge in [-0.2, -0.15) is 0 Å². The minimum Gasteiger partial charge on any atom is -0.389 e. The molecule has 1 atom stereocenters. The SMILES string of the molecule is CCC1COCCN1c1cnccc1C(N)=S. The molecule has 1 aliphatic rings. The Balaban J connectivity index is 2.34. The number of nitrogens with zero attached hydrogens (tertiary/aromatic N) is 2. The molecule has 1 fully saturated rings. The highest BCUT2D eigenvalue weighted by atomic mass is 32.1. The van der Waals surface area contributed by atoms with Gasteiger partial charge in [0.05, 0.1) is 31.1 Å². The van der Waals surface area contributed by atoms with E-state index in [0.717, 1.165) is 37.4 Å². The van der Waals surface area contributed by atoms with Gasteiger partial charge in [0.25, 0.3) is 0 Å². The zero-order chi connectivity index (χ0) is 12.3. The van der Waals surface area contributed by atoms with Crippen molar-refractivity contribution in [3.63, 3.8) is 0 Å². The lowest BCUT2D eigenvalue weighted by molar-refractivity contribution is 0.0929. The molecule has 0 aromatic carbocycles. The number of ether oxygens (including phenoxy) is 1. The predicted molar refractivity (Wildman–Crippen MR) is 72.4 cm³/mol. The summed E-state index contributed by atoms with van der Waals surface area (Å²) >= 11 is 5.09. The van der Waals surface area contributed by atoms with Gasteiger partial charge in [-0.1, -0.05) is 19.1 Å².